The van der Waals surface area contributed by atoms with E-state index in [4.69, 9.17) is 5.84 Å². The monoisotopic (exact) mass is 181 g/mol. The molecule has 0 bridgehead atoms. The predicted molar refractivity (Wildman–Crippen MR) is 48.4 cm³/mol. The van der Waals surface area contributed by atoms with Crippen molar-refractivity contribution in [1.82, 2.24) is 20.8 Å². The van der Waals surface area contributed by atoms with Crippen molar-refractivity contribution in [3.63, 3.8) is 0 Å². The van der Waals surface area contributed by atoms with Gasteiger partial charge >= 0.3 is 0 Å². The van der Waals surface area contributed by atoms with Crippen LogP contribution < -0.4 is 11.3 Å². The average molecular weight is 181 g/mol. The lowest BCUT2D eigenvalue weighted by atomic mass is 9.96. The van der Waals surface area contributed by atoms with Crippen LogP contribution in [0.2, 0.25) is 0 Å². The predicted octanol–water partition coefficient (Wildman–Crippen LogP) is 0.499. The second-order valence-electron chi connectivity index (χ2n) is 3.58. The largest absolute Gasteiger partial charge is 0.271 e. The molecule has 13 heavy (non-hydrogen) atoms. The molecule has 1 atom stereocenters. The van der Waals surface area contributed by atoms with Crippen LogP contribution in [0, 0.1) is 5.92 Å². The second-order valence-corrected chi connectivity index (χ2v) is 3.58. The Balaban J connectivity index is 2.08. The first-order valence-corrected chi connectivity index (χ1v) is 4.73. The molecule has 1 aromatic heterocycles. The van der Waals surface area contributed by atoms with Crippen LogP contribution >= 0.6 is 0 Å². The van der Waals surface area contributed by atoms with Gasteiger partial charge in [-0.25, -0.2) is 0 Å². The van der Waals surface area contributed by atoms with E-state index in [0.717, 1.165) is 5.69 Å². The van der Waals surface area contributed by atoms with Gasteiger partial charge in [0.25, 0.3) is 0 Å². The SMILES string of the molecule is NNC(c1cn[nH]n1)C1CCCC1. The highest BCUT2D eigenvalue weighted by molar-refractivity contribution is 5.02. The number of hydrogen-bond acceptors (Lipinski definition) is 4. The number of H-pyrrole nitrogens is 1. The molecular formula is C8H15N5. The van der Waals surface area contributed by atoms with Crippen molar-refractivity contribution in [2.24, 2.45) is 11.8 Å². The van der Waals surface area contributed by atoms with Crippen molar-refractivity contribution in [2.45, 2.75) is 31.7 Å². The van der Waals surface area contributed by atoms with Gasteiger partial charge in [-0.05, 0) is 18.8 Å². The third-order valence-electron chi connectivity index (χ3n) is 2.80. The quantitative estimate of drug-likeness (QED) is 0.468. The number of aromatic nitrogens is 3. The van der Waals surface area contributed by atoms with E-state index < -0.39 is 0 Å². The summed E-state index contributed by atoms with van der Waals surface area (Å²) in [6, 6.07) is 0.168. The fourth-order valence-electron chi connectivity index (χ4n) is 2.11. The van der Waals surface area contributed by atoms with E-state index in [1.807, 2.05) is 0 Å². The Labute approximate surface area is 77.1 Å². The number of nitrogens with zero attached hydrogens (tertiary/aromatic N) is 2. The molecule has 0 radical (unpaired) electrons. The van der Waals surface area contributed by atoms with Crippen LogP contribution in [-0.2, 0) is 0 Å². The molecule has 72 valence electrons. The highest BCUT2D eigenvalue weighted by atomic mass is 15.3. The van der Waals surface area contributed by atoms with E-state index in [0.29, 0.717) is 5.92 Å². The molecule has 4 N–H and O–H groups in total. The number of nitrogens with one attached hydrogen (secondary N) is 2. The first-order valence-electron chi connectivity index (χ1n) is 4.73. The fourth-order valence-corrected chi connectivity index (χ4v) is 2.11. The van der Waals surface area contributed by atoms with Gasteiger partial charge in [-0.3, -0.25) is 11.3 Å². The Morgan fingerprint density at radius 2 is 2.31 bits per heavy atom. The summed E-state index contributed by atoms with van der Waals surface area (Å²) in [5, 5.41) is 10.5. The van der Waals surface area contributed by atoms with Crippen LogP contribution in [-0.4, -0.2) is 15.4 Å². The molecule has 0 saturated heterocycles. The summed E-state index contributed by atoms with van der Waals surface area (Å²) < 4.78 is 0. The number of hydrogen-bond donors (Lipinski definition) is 3. The topological polar surface area (TPSA) is 79.6 Å². The van der Waals surface area contributed by atoms with Gasteiger partial charge in [0.1, 0.15) is 5.69 Å². The number of hydrazine groups is 1. The van der Waals surface area contributed by atoms with E-state index in [9.17, 15) is 0 Å². The van der Waals surface area contributed by atoms with Crippen molar-refractivity contribution >= 4 is 0 Å². The van der Waals surface area contributed by atoms with E-state index in [2.05, 4.69) is 20.8 Å². The maximum atomic E-state index is 5.51. The van der Waals surface area contributed by atoms with Crippen molar-refractivity contribution in [1.29, 1.82) is 0 Å². The lowest BCUT2D eigenvalue weighted by Gasteiger charge is -2.19. The lowest BCUT2D eigenvalue weighted by molar-refractivity contribution is 0.366. The Morgan fingerprint density at radius 1 is 1.54 bits per heavy atom. The van der Waals surface area contributed by atoms with Crippen molar-refractivity contribution in [3.05, 3.63) is 11.9 Å². The van der Waals surface area contributed by atoms with Crippen molar-refractivity contribution in [2.75, 3.05) is 0 Å². The maximum absolute atomic E-state index is 5.51. The number of aromatic amines is 1. The number of nitrogens with two attached hydrogens (primary N) is 1. The second kappa shape index (κ2) is 3.85. The standard InChI is InChI=1S/C8H15N5/c9-11-8(6-3-1-2-4-6)7-5-10-13-12-7/h5-6,8,11H,1-4,9H2,(H,10,12,13). The van der Waals surface area contributed by atoms with Gasteiger partial charge in [-0.2, -0.15) is 15.4 Å². The van der Waals surface area contributed by atoms with E-state index >= 15 is 0 Å². The summed E-state index contributed by atoms with van der Waals surface area (Å²) in [7, 11) is 0. The summed E-state index contributed by atoms with van der Waals surface area (Å²) in [5.74, 6) is 6.13. The van der Waals surface area contributed by atoms with Crippen LogP contribution in [0.15, 0.2) is 6.20 Å². The highest BCUT2D eigenvalue weighted by Crippen LogP contribution is 2.34. The molecule has 2 rings (SSSR count). The Hall–Kier alpha value is -0.940. The molecule has 0 spiro atoms. The van der Waals surface area contributed by atoms with Gasteiger partial charge < -0.3 is 0 Å². The molecule has 5 nitrogen and oxygen atoms in total. The Bertz CT molecular complexity index is 239. The molecule has 1 aliphatic carbocycles. The molecule has 1 aliphatic rings. The molecule has 1 saturated carbocycles. The molecule has 5 heteroatoms. The molecule has 0 amide bonds. The minimum Gasteiger partial charge on any atom is -0.271 e. The van der Waals surface area contributed by atoms with Crippen LogP contribution in [0.25, 0.3) is 0 Å². The third-order valence-corrected chi connectivity index (χ3v) is 2.80. The Kier molecular flexibility index (Phi) is 2.56. The summed E-state index contributed by atoms with van der Waals surface area (Å²) in [5.41, 5.74) is 3.75. The van der Waals surface area contributed by atoms with E-state index in [1.165, 1.54) is 25.7 Å². The van der Waals surface area contributed by atoms with E-state index in [-0.39, 0.29) is 6.04 Å². The van der Waals surface area contributed by atoms with Gasteiger partial charge in [0.05, 0.1) is 12.2 Å². The smallest absolute Gasteiger partial charge is 0.101 e. The number of rotatable bonds is 3. The summed E-state index contributed by atoms with van der Waals surface area (Å²) in [6.07, 6.45) is 6.83. The molecule has 1 heterocycles. The van der Waals surface area contributed by atoms with Gasteiger partial charge in [0.2, 0.25) is 0 Å². The normalized spacial score (nSPS) is 20.7. The first kappa shape index (κ1) is 8.65. The lowest BCUT2D eigenvalue weighted by Crippen LogP contribution is -2.32. The fraction of sp³-hybridized carbons (Fsp3) is 0.750. The molecule has 1 fully saturated rings. The molecule has 0 aromatic carbocycles. The Morgan fingerprint density at radius 3 is 2.85 bits per heavy atom. The molecular weight excluding hydrogens is 166 g/mol. The zero-order chi connectivity index (χ0) is 9.10. The third kappa shape index (κ3) is 1.71. The summed E-state index contributed by atoms with van der Waals surface area (Å²) in [4.78, 5) is 0. The highest BCUT2D eigenvalue weighted by Gasteiger charge is 2.26. The molecule has 1 aromatic rings. The van der Waals surface area contributed by atoms with Crippen LogP contribution in [0.4, 0.5) is 0 Å². The first-order chi connectivity index (χ1) is 6.42. The van der Waals surface area contributed by atoms with Crippen molar-refractivity contribution < 1.29 is 0 Å². The van der Waals surface area contributed by atoms with Gasteiger partial charge in [-0.15, -0.1) is 0 Å². The maximum Gasteiger partial charge on any atom is 0.101 e. The summed E-state index contributed by atoms with van der Waals surface area (Å²) in [6.45, 7) is 0. The zero-order valence-electron chi connectivity index (χ0n) is 7.53. The van der Waals surface area contributed by atoms with Crippen molar-refractivity contribution in [3.8, 4) is 0 Å². The van der Waals surface area contributed by atoms with Gasteiger partial charge in [0.15, 0.2) is 0 Å². The van der Waals surface area contributed by atoms with Gasteiger partial charge in [-0.1, -0.05) is 12.8 Å². The van der Waals surface area contributed by atoms with Crippen LogP contribution in [0.1, 0.15) is 37.4 Å². The minimum absolute atomic E-state index is 0.168. The molecule has 0 aliphatic heterocycles. The zero-order valence-corrected chi connectivity index (χ0v) is 7.53. The minimum atomic E-state index is 0.168. The van der Waals surface area contributed by atoms with Crippen LogP contribution in [0.3, 0.4) is 0 Å². The van der Waals surface area contributed by atoms with Gasteiger partial charge in [0, 0.05) is 0 Å². The van der Waals surface area contributed by atoms with Crippen LogP contribution in [0.5, 0.6) is 0 Å². The summed E-state index contributed by atoms with van der Waals surface area (Å²) >= 11 is 0. The van der Waals surface area contributed by atoms with E-state index in [1.54, 1.807) is 6.20 Å². The average Bonchev–Trinajstić information content (AvgIpc) is 2.76. The molecule has 1 unspecified atom stereocenters.